The summed E-state index contributed by atoms with van der Waals surface area (Å²) >= 11 is 11.7. The van der Waals surface area contributed by atoms with Crippen LogP contribution in [-0.4, -0.2) is 18.0 Å². The number of hydrazone groups is 1. The Morgan fingerprint density at radius 3 is 2.41 bits per heavy atom. The van der Waals surface area contributed by atoms with E-state index in [2.05, 4.69) is 15.8 Å². The van der Waals surface area contributed by atoms with Gasteiger partial charge in [0, 0.05) is 0 Å². The van der Waals surface area contributed by atoms with Gasteiger partial charge in [-0.1, -0.05) is 59.6 Å². The fourth-order valence-electron chi connectivity index (χ4n) is 1.53. The van der Waals surface area contributed by atoms with Crippen LogP contribution >= 0.6 is 23.2 Å². The number of benzene rings is 2. The molecule has 2 amide bonds. The topological polar surface area (TPSA) is 70.6 Å². The SMILES string of the molecule is O=C(N/N=C\c1ccccc1)C(=O)Nc1cccc(Cl)c1Cl. The Morgan fingerprint density at radius 2 is 1.68 bits per heavy atom. The van der Waals surface area contributed by atoms with Gasteiger partial charge in [-0.3, -0.25) is 9.59 Å². The standard InChI is InChI=1S/C15H11Cl2N3O2/c16-11-7-4-8-12(13(11)17)19-14(21)15(22)20-18-9-10-5-2-1-3-6-10/h1-9H,(H,19,21)(H,20,22)/b18-9-. The van der Waals surface area contributed by atoms with E-state index in [-0.39, 0.29) is 15.7 Å². The van der Waals surface area contributed by atoms with Crippen LogP contribution < -0.4 is 10.7 Å². The van der Waals surface area contributed by atoms with Gasteiger partial charge in [-0.2, -0.15) is 5.10 Å². The van der Waals surface area contributed by atoms with E-state index in [4.69, 9.17) is 23.2 Å². The summed E-state index contributed by atoms with van der Waals surface area (Å²) in [4.78, 5) is 23.3. The normalized spacial score (nSPS) is 10.5. The molecule has 0 aliphatic heterocycles. The molecule has 0 radical (unpaired) electrons. The molecule has 22 heavy (non-hydrogen) atoms. The average Bonchev–Trinajstić information content (AvgIpc) is 2.52. The van der Waals surface area contributed by atoms with E-state index in [0.717, 1.165) is 5.56 Å². The highest BCUT2D eigenvalue weighted by Crippen LogP contribution is 2.29. The molecule has 0 saturated heterocycles. The third kappa shape index (κ3) is 4.31. The molecule has 0 aromatic heterocycles. The maximum atomic E-state index is 11.7. The third-order valence-corrected chi connectivity index (χ3v) is 3.40. The van der Waals surface area contributed by atoms with Crippen LogP contribution in [0.15, 0.2) is 53.6 Å². The maximum Gasteiger partial charge on any atom is 0.329 e. The molecule has 0 aliphatic carbocycles. The van der Waals surface area contributed by atoms with Gasteiger partial charge in [0.25, 0.3) is 0 Å². The van der Waals surface area contributed by atoms with E-state index in [0.29, 0.717) is 0 Å². The first kappa shape index (κ1) is 16.0. The predicted molar refractivity (Wildman–Crippen MR) is 87.3 cm³/mol. The van der Waals surface area contributed by atoms with E-state index in [1.165, 1.54) is 12.3 Å². The van der Waals surface area contributed by atoms with Gasteiger partial charge in [0.1, 0.15) is 0 Å². The van der Waals surface area contributed by atoms with Crippen LogP contribution in [-0.2, 0) is 9.59 Å². The molecule has 0 spiro atoms. The van der Waals surface area contributed by atoms with Crippen LogP contribution in [0.2, 0.25) is 10.0 Å². The zero-order chi connectivity index (χ0) is 15.9. The quantitative estimate of drug-likeness (QED) is 0.514. The lowest BCUT2D eigenvalue weighted by Crippen LogP contribution is -2.32. The molecular weight excluding hydrogens is 325 g/mol. The molecule has 0 bridgehead atoms. The van der Waals surface area contributed by atoms with Crippen LogP contribution in [0.5, 0.6) is 0 Å². The van der Waals surface area contributed by atoms with E-state index in [1.54, 1.807) is 12.1 Å². The second-order valence-electron chi connectivity index (χ2n) is 4.17. The molecule has 0 heterocycles. The minimum atomic E-state index is -0.914. The molecule has 2 aromatic rings. The summed E-state index contributed by atoms with van der Waals surface area (Å²) < 4.78 is 0. The number of nitrogens with zero attached hydrogens (tertiary/aromatic N) is 1. The second kappa shape index (κ2) is 7.59. The fourth-order valence-corrected chi connectivity index (χ4v) is 1.88. The minimum absolute atomic E-state index is 0.165. The lowest BCUT2D eigenvalue weighted by molar-refractivity contribution is -0.136. The molecule has 2 N–H and O–H groups in total. The Bertz CT molecular complexity index is 718. The zero-order valence-corrected chi connectivity index (χ0v) is 12.7. The Kier molecular flexibility index (Phi) is 5.52. The summed E-state index contributed by atoms with van der Waals surface area (Å²) in [7, 11) is 0. The molecule has 5 nitrogen and oxygen atoms in total. The van der Waals surface area contributed by atoms with E-state index in [1.807, 2.05) is 30.3 Å². The van der Waals surface area contributed by atoms with Crippen molar-refractivity contribution >= 4 is 46.9 Å². The van der Waals surface area contributed by atoms with Crippen LogP contribution in [0.4, 0.5) is 5.69 Å². The van der Waals surface area contributed by atoms with Crippen LogP contribution in [0.25, 0.3) is 0 Å². The number of hydrogen-bond donors (Lipinski definition) is 2. The summed E-state index contributed by atoms with van der Waals surface area (Å²) in [5.74, 6) is -1.81. The molecule has 2 aromatic carbocycles. The first-order valence-corrected chi connectivity index (χ1v) is 6.97. The summed E-state index contributed by atoms with van der Waals surface area (Å²) in [5.41, 5.74) is 3.17. The fraction of sp³-hybridized carbons (Fsp3) is 0. The van der Waals surface area contributed by atoms with E-state index in [9.17, 15) is 9.59 Å². The lowest BCUT2D eigenvalue weighted by atomic mass is 10.2. The Morgan fingerprint density at radius 1 is 0.955 bits per heavy atom. The monoisotopic (exact) mass is 335 g/mol. The number of carbonyl (C=O) groups is 2. The predicted octanol–water partition coefficient (Wildman–Crippen LogP) is 3.08. The van der Waals surface area contributed by atoms with Crippen molar-refractivity contribution < 1.29 is 9.59 Å². The maximum absolute atomic E-state index is 11.7. The number of halogens is 2. The van der Waals surface area contributed by atoms with Crippen molar-refractivity contribution in [1.82, 2.24) is 5.43 Å². The molecular formula is C15H11Cl2N3O2. The van der Waals surface area contributed by atoms with Gasteiger partial charge in [-0.05, 0) is 17.7 Å². The smallest absolute Gasteiger partial charge is 0.316 e. The number of amides is 2. The molecule has 7 heteroatoms. The van der Waals surface area contributed by atoms with E-state index >= 15 is 0 Å². The van der Waals surface area contributed by atoms with Gasteiger partial charge in [0.2, 0.25) is 0 Å². The number of hydrogen-bond acceptors (Lipinski definition) is 3. The van der Waals surface area contributed by atoms with Crippen LogP contribution in [0.3, 0.4) is 0 Å². The number of nitrogens with one attached hydrogen (secondary N) is 2. The lowest BCUT2D eigenvalue weighted by Gasteiger charge is -2.06. The highest BCUT2D eigenvalue weighted by Gasteiger charge is 2.15. The van der Waals surface area contributed by atoms with Crippen molar-refractivity contribution in [1.29, 1.82) is 0 Å². The number of anilines is 1. The van der Waals surface area contributed by atoms with Crippen molar-refractivity contribution in [3.05, 3.63) is 64.1 Å². The molecule has 112 valence electrons. The summed E-state index contributed by atoms with van der Waals surface area (Å²) in [6.07, 6.45) is 1.43. The van der Waals surface area contributed by atoms with Crippen LogP contribution in [0, 0.1) is 0 Å². The van der Waals surface area contributed by atoms with Gasteiger partial charge >= 0.3 is 11.8 Å². The first-order chi connectivity index (χ1) is 10.6. The Hall–Kier alpha value is -2.37. The Labute approximate surface area is 136 Å². The number of rotatable bonds is 3. The molecule has 2 rings (SSSR count). The highest BCUT2D eigenvalue weighted by molar-refractivity contribution is 6.45. The number of carbonyl (C=O) groups excluding carboxylic acids is 2. The Balaban J connectivity index is 1.94. The molecule has 0 fully saturated rings. The molecule has 0 unspecified atom stereocenters. The highest BCUT2D eigenvalue weighted by atomic mass is 35.5. The van der Waals surface area contributed by atoms with Gasteiger partial charge in [0.15, 0.2) is 0 Å². The van der Waals surface area contributed by atoms with E-state index < -0.39 is 11.8 Å². The second-order valence-corrected chi connectivity index (χ2v) is 4.95. The van der Waals surface area contributed by atoms with Crippen molar-refractivity contribution in [3.63, 3.8) is 0 Å². The summed E-state index contributed by atoms with van der Waals surface area (Å²) in [6.45, 7) is 0. The molecule has 0 atom stereocenters. The molecule has 0 aliphatic rings. The van der Waals surface area contributed by atoms with Gasteiger partial charge < -0.3 is 5.32 Å². The average molecular weight is 336 g/mol. The van der Waals surface area contributed by atoms with Crippen molar-refractivity contribution in [2.45, 2.75) is 0 Å². The minimum Gasteiger partial charge on any atom is -0.316 e. The van der Waals surface area contributed by atoms with Crippen molar-refractivity contribution in [2.75, 3.05) is 5.32 Å². The zero-order valence-electron chi connectivity index (χ0n) is 11.2. The summed E-state index contributed by atoms with van der Waals surface area (Å²) in [6, 6.07) is 13.8. The first-order valence-electron chi connectivity index (χ1n) is 6.21. The molecule has 0 saturated carbocycles. The summed E-state index contributed by atoms with van der Waals surface area (Å²) in [5, 5.41) is 6.50. The van der Waals surface area contributed by atoms with Gasteiger partial charge in [-0.15, -0.1) is 0 Å². The largest absolute Gasteiger partial charge is 0.329 e. The van der Waals surface area contributed by atoms with Gasteiger partial charge in [-0.25, -0.2) is 5.43 Å². The van der Waals surface area contributed by atoms with Crippen LogP contribution in [0.1, 0.15) is 5.56 Å². The van der Waals surface area contributed by atoms with Crippen molar-refractivity contribution in [2.24, 2.45) is 5.10 Å². The van der Waals surface area contributed by atoms with Crippen molar-refractivity contribution in [3.8, 4) is 0 Å². The third-order valence-electron chi connectivity index (χ3n) is 2.59. The van der Waals surface area contributed by atoms with Gasteiger partial charge in [0.05, 0.1) is 21.9 Å².